The summed E-state index contributed by atoms with van der Waals surface area (Å²) in [5, 5.41) is 7.93. The van der Waals surface area contributed by atoms with Gasteiger partial charge in [0.15, 0.2) is 0 Å². The number of para-hydroxylation sites is 1. The fraction of sp³-hybridized carbons (Fsp3) is 0.375. The van der Waals surface area contributed by atoms with Gasteiger partial charge >= 0.3 is 0 Å². The molecule has 0 spiro atoms. The highest BCUT2D eigenvalue weighted by atomic mass is 32.1. The lowest BCUT2D eigenvalue weighted by Crippen LogP contribution is -2.22. The summed E-state index contributed by atoms with van der Waals surface area (Å²) in [5.41, 5.74) is 2.67. The molecule has 0 saturated heterocycles. The molecule has 0 fully saturated rings. The first-order valence-electron chi connectivity index (χ1n) is 6.72. The van der Waals surface area contributed by atoms with Gasteiger partial charge in [-0.15, -0.1) is 0 Å². The van der Waals surface area contributed by atoms with Crippen LogP contribution >= 0.6 is 11.3 Å². The number of ether oxygens (including phenoxy) is 1. The molecule has 1 aromatic heterocycles. The van der Waals surface area contributed by atoms with Crippen LogP contribution in [0.25, 0.3) is 0 Å². The zero-order valence-corrected chi connectivity index (χ0v) is 12.4. The van der Waals surface area contributed by atoms with Crippen LogP contribution in [0.15, 0.2) is 41.1 Å². The number of rotatable bonds is 7. The maximum atomic E-state index is 5.47. The maximum Gasteiger partial charge on any atom is 0.123 e. The van der Waals surface area contributed by atoms with Gasteiger partial charge in [-0.1, -0.05) is 25.1 Å². The van der Waals surface area contributed by atoms with Crippen molar-refractivity contribution >= 4 is 11.3 Å². The van der Waals surface area contributed by atoms with Crippen LogP contribution < -0.4 is 10.1 Å². The molecule has 0 radical (unpaired) electrons. The first-order valence-corrected chi connectivity index (χ1v) is 7.66. The van der Waals surface area contributed by atoms with E-state index in [0.717, 1.165) is 25.1 Å². The van der Waals surface area contributed by atoms with Crippen LogP contribution in [0, 0.1) is 0 Å². The molecule has 1 aromatic carbocycles. The van der Waals surface area contributed by atoms with Gasteiger partial charge in [-0.25, -0.2) is 0 Å². The van der Waals surface area contributed by atoms with E-state index >= 15 is 0 Å². The number of hydrogen-bond donors (Lipinski definition) is 1. The number of hydrogen-bond acceptors (Lipinski definition) is 3. The molecule has 2 aromatic rings. The van der Waals surface area contributed by atoms with E-state index in [-0.39, 0.29) is 0 Å². The van der Waals surface area contributed by atoms with Gasteiger partial charge in [0.1, 0.15) is 5.75 Å². The first-order chi connectivity index (χ1) is 9.35. The minimum Gasteiger partial charge on any atom is -0.496 e. The molecular weight excluding hydrogens is 254 g/mol. The Hall–Kier alpha value is -1.32. The molecule has 1 atom stereocenters. The Morgan fingerprint density at radius 1 is 1.26 bits per heavy atom. The lowest BCUT2D eigenvalue weighted by molar-refractivity contribution is 0.396. The third-order valence-corrected chi connectivity index (χ3v) is 4.00. The third kappa shape index (κ3) is 3.82. The van der Waals surface area contributed by atoms with Crippen LogP contribution in [0.2, 0.25) is 0 Å². The number of methoxy groups -OCH3 is 1. The molecular formula is C16H21NOS. The van der Waals surface area contributed by atoms with Crippen LogP contribution in [0.4, 0.5) is 0 Å². The van der Waals surface area contributed by atoms with Gasteiger partial charge in [-0.3, -0.25) is 0 Å². The highest BCUT2D eigenvalue weighted by molar-refractivity contribution is 7.07. The van der Waals surface area contributed by atoms with Crippen LogP contribution in [-0.2, 0) is 6.42 Å². The Kier molecular flexibility index (Phi) is 5.43. The fourth-order valence-corrected chi connectivity index (χ4v) is 3.02. The molecule has 0 aliphatic carbocycles. The lowest BCUT2D eigenvalue weighted by Gasteiger charge is -2.20. The monoisotopic (exact) mass is 275 g/mol. The summed E-state index contributed by atoms with van der Waals surface area (Å²) >= 11 is 1.76. The molecule has 0 aliphatic rings. The van der Waals surface area contributed by atoms with E-state index in [1.54, 1.807) is 18.4 Å². The van der Waals surface area contributed by atoms with Gasteiger partial charge in [0.2, 0.25) is 0 Å². The third-order valence-electron chi connectivity index (χ3n) is 3.27. The Balaban J connectivity index is 2.10. The molecule has 2 nitrogen and oxygen atoms in total. The summed E-state index contributed by atoms with van der Waals surface area (Å²) in [6.07, 6.45) is 2.18. The summed E-state index contributed by atoms with van der Waals surface area (Å²) in [4.78, 5) is 0. The van der Waals surface area contributed by atoms with Crippen molar-refractivity contribution in [2.75, 3.05) is 13.7 Å². The largest absolute Gasteiger partial charge is 0.496 e. The van der Waals surface area contributed by atoms with Crippen molar-refractivity contribution in [2.24, 2.45) is 0 Å². The van der Waals surface area contributed by atoms with Gasteiger partial charge in [0.05, 0.1) is 7.11 Å². The Morgan fingerprint density at radius 2 is 2.11 bits per heavy atom. The second kappa shape index (κ2) is 7.31. The molecule has 3 heteroatoms. The van der Waals surface area contributed by atoms with Gasteiger partial charge in [0.25, 0.3) is 0 Å². The SMILES string of the molecule is CCNC(CCc1ccsc1)c1ccccc1OC. The number of benzene rings is 1. The fourth-order valence-electron chi connectivity index (χ4n) is 2.31. The van der Waals surface area contributed by atoms with Crippen molar-refractivity contribution in [3.8, 4) is 5.75 Å². The van der Waals surface area contributed by atoms with Crippen LogP contribution in [0.3, 0.4) is 0 Å². The predicted molar refractivity (Wildman–Crippen MR) is 82.1 cm³/mol. The topological polar surface area (TPSA) is 21.3 Å². The minimum atomic E-state index is 0.348. The molecule has 0 bridgehead atoms. The van der Waals surface area contributed by atoms with Gasteiger partial charge in [-0.2, -0.15) is 11.3 Å². The minimum absolute atomic E-state index is 0.348. The predicted octanol–water partition coefficient (Wildman–Crippen LogP) is 4.04. The van der Waals surface area contributed by atoms with E-state index in [4.69, 9.17) is 4.74 Å². The molecule has 19 heavy (non-hydrogen) atoms. The normalized spacial score (nSPS) is 12.3. The van der Waals surface area contributed by atoms with Gasteiger partial charge in [0, 0.05) is 11.6 Å². The average molecular weight is 275 g/mol. The van der Waals surface area contributed by atoms with E-state index in [2.05, 4.69) is 41.2 Å². The molecule has 0 amide bonds. The van der Waals surface area contributed by atoms with Crippen molar-refractivity contribution in [1.29, 1.82) is 0 Å². The molecule has 0 aliphatic heterocycles. The number of nitrogens with one attached hydrogen (secondary N) is 1. The summed E-state index contributed by atoms with van der Waals surface area (Å²) < 4.78 is 5.47. The lowest BCUT2D eigenvalue weighted by atomic mass is 9.99. The molecule has 2 rings (SSSR count). The Morgan fingerprint density at radius 3 is 2.79 bits per heavy atom. The number of aryl methyl sites for hydroxylation is 1. The van der Waals surface area contributed by atoms with Crippen molar-refractivity contribution in [2.45, 2.75) is 25.8 Å². The summed E-state index contributed by atoms with van der Waals surface area (Å²) in [7, 11) is 1.74. The van der Waals surface area contributed by atoms with Crippen molar-refractivity contribution in [1.82, 2.24) is 5.32 Å². The quantitative estimate of drug-likeness (QED) is 0.823. The van der Waals surface area contributed by atoms with E-state index in [1.165, 1.54) is 11.1 Å². The van der Waals surface area contributed by atoms with Gasteiger partial charge in [-0.05, 0) is 47.8 Å². The standard InChI is InChI=1S/C16H21NOS/c1-3-17-15(9-8-13-10-11-19-12-13)14-6-4-5-7-16(14)18-2/h4-7,10-12,15,17H,3,8-9H2,1-2H3. The average Bonchev–Trinajstić information content (AvgIpc) is 2.96. The van der Waals surface area contributed by atoms with E-state index in [9.17, 15) is 0 Å². The smallest absolute Gasteiger partial charge is 0.123 e. The summed E-state index contributed by atoms with van der Waals surface area (Å²) in [5.74, 6) is 0.971. The zero-order valence-electron chi connectivity index (χ0n) is 11.6. The Bertz CT molecular complexity index is 481. The second-order valence-electron chi connectivity index (χ2n) is 4.52. The van der Waals surface area contributed by atoms with E-state index in [1.807, 2.05) is 12.1 Å². The zero-order chi connectivity index (χ0) is 13.5. The summed E-state index contributed by atoms with van der Waals surface area (Å²) in [6.45, 7) is 3.11. The second-order valence-corrected chi connectivity index (χ2v) is 5.30. The molecule has 1 heterocycles. The maximum absolute atomic E-state index is 5.47. The first kappa shape index (κ1) is 14.1. The van der Waals surface area contributed by atoms with Crippen molar-refractivity contribution in [3.63, 3.8) is 0 Å². The highest BCUT2D eigenvalue weighted by Crippen LogP contribution is 2.28. The molecule has 1 N–H and O–H groups in total. The van der Waals surface area contributed by atoms with Crippen molar-refractivity contribution in [3.05, 3.63) is 52.2 Å². The highest BCUT2D eigenvalue weighted by Gasteiger charge is 2.14. The van der Waals surface area contributed by atoms with E-state index in [0.29, 0.717) is 6.04 Å². The molecule has 0 saturated carbocycles. The van der Waals surface area contributed by atoms with Crippen LogP contribution in [0.5, 0.6) is 5.75 Å². The van der Waals surface area contributed by atoms with Crippen molar-refractivity contribution < 1.29 is 4.74 Å². The van der Waals surface area contributed by atoms with Gasteiger partial charge < -0.3 is 10.1 Å². The Labute approximate surface area is 119 Å². The molecule has 1 unspecified atom stereocenters. The molecule has 102 valence electrons. The summed E-state index contributed by atoms with van der Waals surface area (Å²) in [6, 6.07) is 10.8. The van der Waals surface area contributed by atoms with Crippen LogP contribution in [0.1, 0.15) is 30.5 Å². The number of thiophene rings is 1. The van der Waals surface area contributed by atoms with E-state index < -0.39 is 0 Å². The van der Waals surface area contributed by atoms with Crippen LogP contribution in [-0.4, -0.2) is 13.7 Å².